The smallest absolute Gasteiger partial charge is 0.406 e. The van der Waals surface area contributed by atoms with E-state index in [1.165, 1.54) is 24.3 Å². The topological polar surface area (TPSA) is 57.7 Å². The van der Waals surface area contributed by atoms with Gasteiger partial charge >= 0.3 is 6.36 Å². The van der Waals surface area contributed by atoms with Crippen molar-refractivity contribution in [2.24, 2.45) is 0 Å². The number of nitrogens with zero attached hydrogens (tertiary/aromatic N) is 3. The van der Waals surface area contributed by atoms with Crippen molar-refractivity contribution in [2.45, 2.75) is 19.3 Å². The number of pyridine rings is 1. The second kappa shape index (κ2) is 8.47. The van der Waals surface area contributed by atoms with E-state index < -0.39 is 6.36 Å². The fraction of sp³-hybridized carbons (Fsp3) is 0.368. The molecule has 0 bridgehead atoms. The van der Waals surface area contributed by atoms with E-state index in [-0.39, 0.29) is 17.7 Å². The van der Waals surface area contributed by atoms with Crippen molar-refractivity contribution < 1.29 is 22.7 Å². The molecule has 28 heavy (non-hydrogen) atoms. The van der Waals surface area contributed by atoms with Gasteiger partial charge in [-0.15, -0.1) is 13.2 Å². The van der Waals surface area contributed by atoms with Crippen molar-refractivity contribution in [3.8, 4) is 5.75 Å². The lowest BCUT2D eigenvalue weighted by atomic mass is 10.2. The van der Waals surface area contributed by atoms with Gasteiger partial charge < -0.3 is 15.0 Å². The standard InChI is InChI=1S/C19H21F3N4O2/c1-14(25-10-12-26(13-11-25)17-4-2-3-9-23-17)18(27)24-15-5-7-16(8-6-15)28-19(20,21)22/h2-9,14H,10-13H2,1H3,(H,24,27). The van der Waals surface area contributed by atoms with E-state index in [2.05, 4.69) is 24.8 Å². The Morgan fingerprint density at radius 2 is 1.79 bits per heavy atom. The SMILES string of the molecule is CC(C(=O)Nc1ccc(OC(F)(F)F)cc1)N1CCN(c2ccccn2)CC1. The largest absolute Gasteiger partial charge is 0.573 e. The zero-order valence-corrected chi connectivity index (χ0v) is 15.3. The molecule has 1 atom stereocenters. The molecule has 2 aromatic rings. The van der Waals surface area contributed by atoms with Gasteiger partial charge in [0, 0.05) is 38.1 Å². The van der Waals surface area contributed by atoms with Gasteiger partial charge in [0.05, 0.1) is 6.04 Å². The number of halogens is 3. The molecule has 6 nitrogen and oxygen atoms in total. The van der Waals surface area contributed by atoms with E-state index >= 15 is 0 Å². The third-order valence-corrected chi connectivity index (χ3v) is 4.57. The number of nitrogens with one attached hydrogen (secondary N) is 1. The Labute approximate surface area is 160 Å². The summed E-state index contributed by atoms with van der Waals surface area (Å²) >= 11 is 0. The molecule has 1 saturated heterocycles. The van der Waals surface area contributed by atoms with Gasteiger partial charge in [-0.05, 0) is 43.3 Å². The third-order valence-electron chi connectivity index (χ3n) is 4.57. The van der Waals surface area contributed by atoms with Crippen LogP contribution in [0.15, 0.2) is 48.7 Å². The number of benzene rings is 1. The highest BCUT2D eigenvalue weighted by Gasteiger charge is 2.31. The average molecular weight is 394 g/mol. The van der Waals surface area contributed by atoms with Gasteiger partial charge in [-0.1, -0.05) is 6.07 Å². The summed E-state index contributed by atoms with van der Waals surface area (Å²) in [5.41, 5.74) is 0.415. The van der Waals surface area contributed by atoms with E-state index in [1.54, 1.807) is 6.20 Å². The Bertz CT molecular complexity index is 776. The van der Waals surface area contributed by atoms with Gasteiger partial charge in [0.1, 0.15) is 11.6 Å². The van der Waals surface area contributed by atoms with Crippen molar-refractivity contribution in [3.63, 3.8) is 0 Å². The minimum Gasteiger partial charge on any atom is -0.406 e. The van der Waals surface area contributed by atoms with Crippen LogP contribution in [0.4, 0.5) is 24.7 Å². The molecule has 0 spiro atoms. The quantitative estimate of drug-likeness (QED) is 0.845. The lowest BCUT2D eigenvalue weighted by molar-refractivity contribution is -0.274. The molecular formula is C19H21F3N4O2. The molecule has 150 valence electrons. The van der Waals surface area contributed by atoms with Crippen molar-refractivity contribution in [1.82, 2.24) is 9.88 Å². The van der Waals surface area contributed by atoms with Crippen LogP contribution in [0.5, 0.6) is 5.75 Å². The number of ether oxygens (including phenoxy) is 1. The number of amides is 1. The molecular weight excluding hydrogens is 373 g/mol. The van der Waals surface area contributed by atoms with Crippen LogP contribution >= 0.6 is 0 Å². The highest BCUT2D eigenvalue weighted by molar-refractivity contribution is 5.94. The van der Waals surface area contributed by atoms with Crippen LogP contribution in [0.1, 0.15) is 6.92 Å². The van der Waals surface area contributed by atoms with Crippen LogP contribution in [-0.4, -0.2) is 54.4 Å². The Kier molecular flexibility index (Phi) is 6.03. The molecule has 1 amide bonds. The summed E-state index contributed by atoms with van der Waals surface area (Å²) < 4.78 is 40.4. The van der Waals surface area contributed by atoms with Gasteiger partial charge in [-0.3, -0.25) is 9.69 Å². The van der Waals surface area contributed by atoms with Crippen molar-refractivity contribution in [3.05, 3.63) is 48.7 Å². The summed E-state index contributed by atoms with van der Waals surface area (Å²) in [6.45, 7) is 4.76. The molecule has 0 radical (unpaired) electrons. The monoisotopic (exact) mass is 394 g/mol. The van der Waals surface area contributed by atoms with E-state index in [0.29, 0.717) is 18.8 Å². The number of carbonyl (C=O) groups is 1. The first-order valence-corrected chi connectivity index (χ1v) is 8.88. The fourth-order valence-electron chi connectivity index (χ4n) is 3.03. The average Bonchev–Trinajstić information content (AvgIpc) is 2.68. The first-order valence-electron chi connectivity index (χ1n) is 8.88. The molecule has 9 heteroatoms. The number of aromatic nitrogens is 1. The number of rotatable bonds is 5. The van der Waals surface area contributed by atoms with Crippen LogP contribution in [0.2, 0.25) is 0 Å². The minimum atomic E-state index is -4.74. The third kappa shape index (κ3) is 5.35. The maximum atomic E-state index is 12.5. The summed E-state index contributed by atoms with van der Waals surface area (Å²) in [6.07, 6.45) is -2.99. The normalized spacial score (nSPS) is 16.5. The van der Waals surface area contributed by atoms with Crippen LogP contribution in [0.3, 0.4) is 0 Å². The zero-order valence-electron chi connectivity index (χ0n) is 15.3. The summed E-state index contributed by atoms with van der Waals surface area (Å²) in [5, 5.41) is 2.73. The Balaban J connectivity index is 1.51. The lowest BCUT2D eigenvalue weighted by Crippen LogP contribution is -2.53. The first-order chi connectivity index (χ1) is 13.3. The second-order valence-corrected chi connectivity index (χ2v) is 6.45. The molecule has 1 aromatic heterocycles. The summed E-state index contributed by atoms with van der Waals surface area (Å²) in [7, 11) is 0. The fourth-order valence-corrected chi connectivity index (χ4v) is 3.03. The molecule has 2 heterocycles. The van der Waals surface area contributed by atoms with Crippen LogP contribution in [0.25, 0.3) is 0 Å². The zero-order chi connectivity index (χ0) is 20.1. The molecule has 0 aliphatic carbocycles. The van der Waals surface area contributed by atoms with Gasteiger partial charge in [-0.2, -0.15) is 0 Å². The van der Waals surface area contributed by atoms with E-state index in [1.807, 2.05) is 25.1 Å². The first kappa shape index (κ1) is 19.9. The highest BCUT2D eigenvalue weighted by atomic mass is 19.4. The molecule has 1 aromatic carbocycles. The summed E-state index contributed by atoms with van der Waals surface area (Å²) in [5.74, 6) is 0.375. The molecule has 1 aliphatic rings. The number of hydrogen-bond donors (Lipinski definition) is 1. The van der Waals surface area contributed by atoms with Crippen molar-refractivity contribution in [1.29, 1.82) is 0 Å². The van der Waals surface area contributed by atoms with Crippen molar-refractivity contribution >= 4 is 17.4 Å². The minimum absolute atomic E-state index is 0.212. The van der Waals surface area contributed by atoms with Crippen LogP contribution in [0, 0.1) is 0 Å². The van der Waals surface area contributed by atoms with E-state index in [0.717, 1.165) is 18.9 Å². The van der Waals surface area contributed by atoms with Crippen LogP contribution in [-0.2, 0) is 4.79 Å². The van der Waals surface area contributed by atoms with Gasteiger partial charge in [0.2, 0.25) is 5.91 Å². The summed E-state index contributed by atoms with van der Waals surface area (Å²) in [4.78, 5) is 21.1. The molecule has 1 unspecified atom stereocenters. The molecule has 1 N–H and O–H groups in total. The molecule has 3 rings (SSSR count). The Morgan fingerprint density at radius 1 is 1.11 bits per heavy atom. The maximum absolute atomic E-state index is 12.5. The predicted octanol–water partition coefficient (Wildman–Crippen LogP) is 3.13. The number of piperazine rings is 1. The lowest BCUT2D eigenvalue weighted by Gasteiger charge is -2.37. The Morgan fingerprint density at radius 3 is 2.36 bits per heavy atom. The molecule has 1 aliphatic heterocycles. The van der Waals surface area contributed by atoms with E-state index in [4.69, 9.17) is 0 Å². The van der Waals surface area contributed by atoms with Gasteiger partial charge in [-0.25, -0.2) is 4.98 Å². The number of alkyl halides is 3. The number of carbonyl (C=O) groups excluding carboxylic acids is 1. The molecule has 0 saturated carbocycles. The van der Waals surface area contributed by atoms with Gasteiger partial charge in [0.25, 0.3) is 0 Å². The van der Waals surface area contributed by atoms with Crippen molar-refractivity contribution in [2.75, 3.05) is 36.4 Å². The maximum Gasteiger partial charge on any atom is 0.573 e. The summed E-state index contributed by atoms with van der Waals surface area (Å²) in [6, 6.07) is 10.5. The predicted molar refractivity (Wildman–Crippen MR) is 99.2 cm³/mol. The Hall–Kier alpha value is -2.81. The number of hydrogen-bond acceptors (Lipinski definition) is 5. The molecule has 1 fully saturated rings. The number of anilines is 2. The second-order valence-electron chi connectivity index (χ2n) is 6.45. The van der Waals surface area contributed by atoms with Gasteiger partial charge in [0.15, 0.2) is 0 Å². The highest BCUT2D eigenvalue weighted by Crippen LogP contribution is 2.24. The van der Waals surface area contributed by atoms with E-state index in [9.17, 15) is 18.0 Å². The van der Waals surface area contributed by atoms with Crippen LogP contribution < -0.4 is 15.0 Å².